The predicted molar refractivity (Wildman–Crippen MR) is 73.3 cm³/mol. The summed E-state index contributed by atoms with van der Waals surface area (Å²) in [5.41, 5.74) is 10.2. The van der Waals surface area contributed by atoms with Crippen LogP contribution in [0.5, 0.6) is 0 Å². The van der Waals surface area contributed by atoms with Crippen molar-refractivity contribution in [3.05, 3.63) is 70.8 Å². The van der Waals surface area contributed by atoms with Gasteiger partial charge in [-0.3, -0.25) is 4.79 Å². The van der Waals surface area contributed by atoms with Crippen LogP contribution in [0.25, 0.3) is 6.08 Å². The van der Waals surface area contributed by atoms with Crippen molar-refractivity contribution in [2.45, 2.75) is 6.42 Å². The van der Waals surface area contributed by atoms with E-state index in [1.807, 2.05) is 54.6 Å². The summed E-state index contributed by atoms with van der Waals surface area (Å²) in [6, 6.07) is 15.3. The van der Waals surface area contributed by atoms with Crippen LogP contribution in [-0.4, -0.2) is 5.78 Å². The summed E-state index contributed by atoms with van der Waals surface area (Å²) >= 11 is 0. The molecular formula is C16H13NO. The minimum Gasteiger partial charge on any atom is -0.399 e. The summed E-state index contributed by atoms with van der Waals surface area (Å²) in [4.78, 5) is 12.2. The first kappa shape index (κ1) is 10.8. The number of Topliss-reactive ketones (excluding diaryl/α,β-unsaturated/α-hetero) is 1. The number of rotatable bonds is 1. The summed E-state index contributed by atoms with van der Waals surface area (Å²) in [6.45, 7) is 0. The molecule has 0 atom stereocenters. The summed E-state index contributed by atoms with van der Waals surface area (Å²) in [6.07, 6.45) is 2.67. The van der Waals surface area contributed by atoms with Crippen molar-refractivity contribution < 1.29 is 4.79 Å². The smallest absolute Gasteiger partial charge is 0.189 e. The Balaban J connectivity index is 1.97. The van der Waals surface area contributed by atoms with Crippen LogP contribution < -0.4 is 5.73 Å². The molecule has 0 heterocycles. The van der Waals surface area contributed by atoms with Gasteiger partial charge in [-0.05, 0) is 29.3 Å². The molecule has 1 aliphatic rings. The number of nitrogens with two attached hydrogens (primary N) is 1. The van der Waals surface area contributed by atoms with Crippen LogP contribution in [0.2, 0.25) is 0 Å². The third kappa shape index (κ3) is 1.82. The fraction of sp³-hybridized carbons (Fsp3) is 0.0625. The van der Waals surface area contributed by atoms with E-state index in [1.165, 1.54) is 0 Å². The Hall–Kier alpha value is -2.35. The highest BCUT2D eigenvalue weighted by atomic mass is 16.1. The lowest BCUT2D eigenvalue weighted by molar-refractivity contribution is 0.104. The lowest BCUT2D eigenvalue weighted by Gasteiger charge is -1.97. The predicted octanol–water partition coefficient (Wildman–Crippen LogP) is 3.09. The van der Waals surface area contributed by atoms with Crippen molar-refractivity contribution in [3.8, 4) is 0 Å². The number of hydrogen-bond donors (Lipinski definition) is 1. The molecule has 2 aromatic rings. The molecule has 3 rings (SSSR count). The zero-order valence-electron chi connectivity index (χ0n) is 9.89. The number of anilines is 1. The van der Waals surface area contributed by atoms with E-state index in [0.717, 1.165) is 34.4 Å². The van der Waals surface area contributed by atoms with Crippen LogP contribution in [0.4, 0.5) is 5.69 Å². The molecule has 0 saturated carbocycles. The monoisotopic (exact) mass is 235 g/mol. The normalized spacial score (nSPS) is 16.0. The first-order valence-electron chi connectivity index (χ1n) is 5.93. The maximum absolute atomic E-state index is 12.2. The Bertz CT molecular complexity index is 638. The minimum absolute atomic E-state index is 0.141. The second kappa shape index (κ2) is 4.15. The molecule has 2 N–H and O–H groups in total. The molecule has 18 heavy (non-hydrogen) atoms. The highest BCUT2D eigenvalue weighted by molar-refractivity contribution is 6.15. The molecule has 0 bridgehead atoms. The summed E-state index contributed by atoms with van der Waals surface area (Å²) < 4.78 is 0. The van der Waals surface area contributed by atoms with Crippen LogP contribution in [0.15, 0.2) is 54.1 Å². The maximum Gasteiger partial charge on any atom is 0.189 e. The van der Waals surface area contributed by atoms with Crippen molar-refractivity contribution in [1.29, 1.82) is 0 Å². The summed E-state index contributed by atoms with van der Waals surface area (Å²) in [5, 5.41) is 0. The lowest BCUT2D eigenvalue weighted by Crippen LogP contribution is -1.95. The summed E-state index contributed by atoms with van der Waals surface area (Å²) in [5.74, 6) is 0.141. The van der Waals surface area contributed by atoms with Crippen LogP contribution in [0, 0.1) is 0 Å². The molecule has 88 valence electrons. The number of fused-ring (bicyclic) bond motifs is 1. The highest BCUT2D eigenvalue weighted by Crippen LogP contribution is 2.27. The van der Waals surface area contributed by atoms with Crippen LogP contribution >= 0.6 is 0 Å². The van der Waals surface area contributed by atoms with Gasteiger partial charge in [-0.15, -0.1) is 0 Å². The molecule has 0 saturated heterocycles. The van der Waals surface area contributed by atoms with E-state index in [4.69, 9.17) is 5.73 Å². The molecular weight excluding hydrogens is 222 g/mol. The molecule has 0 spiro atoms. The molecule has 0 aromatic heterocycles. The molecule has 2 heteroatoms. The summed E-state index contributed by atoms with van der Waals surface area (Å²) in [7, 11) is 0. The van der Waals surface area contributed by atoms with Crippen molar-refractivity contribution in [3.63, 3.8) is 0 Å². The van der Waals surface area contributed by atoms with Crippen LogP contribution in [-0.2, 0) is 6.42 Å². The fourth-order valence-electron chi connectivity index (χ4n) is 2.26. The fourth-order valence-corrected chi connectivity index (χ4v) is 2.26. The molecule has 0 fully saturated rings. The molecule has 0 aliphatic heterocycles. The van der Waals surface area contributed by atoms with Crippen molar-refractivity contribution in [1.82, 2.24) is 0 Å². The van der Waals surface area contributed by atoms with Gasteiger partial charge in [0.05, 0.1) is 0 Å². The van der Waals surface area contributed by atoms with E-state index < -0.39 is 0 Å². The Morgan fingerprint density at radius 2 is 1.72 bits per heavy atom. The van der Waals surface area contributed by atoms with E-state index >= 15 is 0 Å². The molecule has 0 unspecified atom stereocenters. The zero-order chi connectivity index (χ0) is 12.5. The number of ketones is 1. The van der Waals surface area contributed by atoms with Crippen LogP contribution in [0.1, 0.15) is 21.5 Å². The maximum atomic E-state index is 12.2. The van der Waals surface area contributed by atoms with Crippen molar-refractivity contribution >= 4 is 17.5 Å². The van der Waals surface area contributed by atoms with Gasteiger partial charge in [0.1, 0.15) is 0 Å². The van der Waals surface area contributed by atoms with E-state index in [-0.39, 0.29) is 5.78 Å². The lowest BCUT2D eigenvalue weighted by atomic mass is 10.1. The molecule has 2 aromatic carbocycles. The first-order chi connectivity index (χ1) is 8.74. The number of nitrogen functional groups attached to an aromatic ring is 1. The van der Waals surface area contributed by atoms with Gasteiger partial charge in [-0.1, -0.05) is 36.4 Å². The zero-order valence-corrected chi connectivity index (χ0v) is 9.89. The number of carbonyl (C=O) groups excluding carboxylic acids is 1. The van der Waals surface area contributed by atoms with E-state index in [9.17, 15) is 4.79 Å². The van der Waals surface area contributed by atoms with Crippen LogP contribution in [0.3, 0.4) is 0 Å². The van der Waals surface area contributed by atoms with Gasteiger partial charge in [0.2, 0.25) is 0 Å². The van der Waals surface area contributed by atoms with E-state index in [1.54, 1.807) is 0 Å². The van der Waals surface area contributed by atoms with E-state index in [0.29, 0.717) is 0 Å². The molecule has 2 nitrogen and oxygen atoms in total. The number of hydrogen-bond acceptors (Lipinski definition) is 2. The molecule has 0 radical (unpaired) electrons. The van der Waals surface area contributed by atoms with Gasteiger partial charge < -0.3 is 5.73 Å². The highest BCUT2D eigenvalue weighted by Gasteiger charge is 2.23. The van der Waals surface area contributed by atoms with Crippen molar-refractivity contribution in [2.24, 2.45) is 0 Å². The Morgan fingerprint density at radius 1 is 1.00 bits per heavy atom. The largest absolute Gasteiger partial charge is 0.399 e. The average Bonchev–Trinajstić information content (AvgIpc) is 2.70. The number of benzene rings is 2. The van der Waals surface area contributed by atoms with Gasteiger partial charge in [0.25, 0.3) is 0 Å². The quantitative estimate of drug-likeness (QED) is 0.609. The van der Waals surface area contributed by atoms with Gasteiger partial charge >= 0.3 is 0 Å². The molecule has 1 aliphatic carbocycles. The van der Waals surface area contributed by atoms with E-state index in [2.05, 4.69) is 0 Å². The topological polar surface area (TPSA) is 43.1 Å². The Kier molecular flexibility index (Phi) is 2.49. The third-order valence-corrected chi connectivity index (χ3v) is 3.21. The number of carbonyl (C=O) groups is 1. The second-order valence-corrected chi connectivity index (χ2v) is 4.50. The standard InChI is InChI=1S/C16H13NO/c17-14-7-5-11(6-8-14)9-13-10-12-3-1-2-4-15(12)16(13)18/h1-9H,10,17H2/b13-9+. The third-order valence-electron chi connectivity index (χ3n) is 3.21. The molecule has 0 amide bonds. The van der Waals surface area contributed by atoms with Gasteiger partial charge in [-0.25, -0.2) is 0 Å². The minimum atomic E-state index is 0.141. The average molecular weight is 235 g/mol. The van der Waals surface area contributed by atoms with Gasteiger partial charge in [0, 0.05) is 23.2 Å². The van der Waals surface area contributed by atoms with Gasteiger partial charge in [-0.2, -0.15) is 0 Å². The first-order valence-corrected chi connectivity index (χ1v) is 5.93. The number of allylic oxidation sites excluding steroid dienone is 1. The Labute approximate surface area is 106 Å². The Morgan fingerprint density at radius 3 is 2.44 bits per heavy atom. The van der Waals surface area contributed by atoms with Gasteiger partial charge in [0.15, 0.2) is 5.78 Å². The SMILES string of the molecule is Nc1ccc(/C=C2\Cc3ccccc3C2=O)cc1. The van der Waals surface area contributed by atoms with Crippen molar-refractivity contribution in [2.75, 3.05) is 5.73 Å². The second-order valence-electron chi connectivity index (χ2n) is 4.50.